The van der Waals surface area contributed by atoms with E-state index in [1.54, 1.807) is 26.0 Å². The van der Waals surface area contributed by atoms with E-state index >= 15 is 0 Å². The minimum absolute atomic E-state index is 0.0399. The number of rotatable bonds is 7. The minimum Gasteiger partial charge on any atom is -0.507 e. The van der Waals surface area contributed by atoms with Crippen LogP contribution in [0.1, 0.15) is 61.1 Å². The van der Waals surface area contributed by atoms with Crippen LogP contribution >= 0.6 is 31.9 Å². The highest BCUT2D eigenvalue weighted by molar-refractivity contribution is 9.10. The van der Waals surface area contributed by atoms with Gasteiger partial charge < -0.3 is 31.1 Å². The Kier molecular flexibility index (Phi) is 10.0. The highest BCUT2D eigenvalue weighted by Gasteiger charge is 2.38. The summed E-state index contributed by atoms with van der Waals surface area (Å²) in [5, 5.41) is 53.3. The molecule has 2 aliphatic carbocycles. The van der Waals surface area contributed by atoms with E-state index in [9.17, 15) is 30.0 Å². The second kappa shape index (κ2) is 14.2. The molecule has 52 heavy (non-hydrogen) atoms. The van der Waals surface area contributed by atoms with E-state index in [2.05, 4.69) is 42.5 Å². The number of carbonyl (C=O) groups is 2. The van der Waals surface area contributed by atoms with Gasteiger partial charge in [0.1, 0.15) is 11.5 Å². The number of nitrogens with one attached hydrogen (secondary N) is 2. The maximum absolute atomic E-state index is 13.8. The van der Waals surface area contributed by atoms with Crippen LogP contribution in [0.5, 0.6) is 11.5 Å². The zero-order valence-corrected chi connectivity index (χ0v) is 32.6. The fourth-order valence-electron chi connectivity index (χ4n) is 7.03. The molecule has 4 aromatic carbocycles. The molecular formula is C42H38Br2N2O6. The van der Waals surface area contributed by atoms with Crippen molar-refractivity contribution in [3.63, 3.8) is 0 Å². The van der Waals surface area contributed by atoms with Crippen LogP contribution in [0.2, 0.25) is 0 Å². The zero-order valence-electron chi connectivity index (χ0n) is 29.4. The average molecular weight is 827 g/mol. The summed E-state index contributed by atoms with van der Waals surface area (Å²) in [6.45, 7) is 11.0. The lowest BCUT2D eigenvalue weighted by molar-refractivity contribution is -0.113. The molecule has 0 aliphatic heterocycles. The zero-order chi connectivity index (χ0) is 37.8. The largest absolute Gasteiger partial charge is 0.507 e. The molecule has 0 heterocycles. The predicted octanol–water partition coefficient (Wildman–Crippen LogP) is 10.8. The number of aryl methyl sites for hydroxylation is 2. The number of allylic oxidation sites excluding steroid dienone is 4. The Morgan fingerprint density at radius 1 is 0.558 bits per heavy atom. The Hall–Kier alpha value is -5.06. The van der Waals surface area contributed by atoms with E-state index in [1.165, 1.54) is 12.4 Å². The summed E-state index contributed by atoms with van der Waals surface area (Å²) in [6.07, 6.45) is 2.93. The molecule has 0 bridgehead atoms. The Bertz CT molecular complexity index is 2130. The van der Waals surface area contributed by atoms with Crippen LogP contribution in [-0.4, -0.2) is 32.0 Å². The summed E-state index contributed by atoms with van der Waals surface area (Å²) in [4.78, 5) is 27.7. The molecule has 0 saturated heterocycles. The fourth-order valence-corrected chi connectivity index (χ4v) is 7.56. The SMILES string of the molecule is Cc1cc2c(c(O)c1-c1c(C)cc3c(c1O)/C(=C/Nc1ccc(Br)cc1)C(=O)C(O)=C3C(C)C)/C(=C/Nc1ccc(Br)cc1)C(=O)C(O)=C2C(C)C. The molecular weight excluding hydrogens is 788 g/mol. The van der Waals surface area contributed by atoms with Crippen molar-refractivity contribution in [2.75, 3.05) is 10.6 Å². The van der Waals surface area contributed by atoms with Crippen molar-refractivity contribution in [2.45, 2.75) is 41.5 Å². The fraction of sp³-hybridized carbons (Fsp3) is 0.190. The number of phenols is 2. The molecule has 2 aliphatic rings. The molecule has 0 aromatic heterocycles. The maximum Gasteiger partial charge on any atom is 0.229 e. The predicted molar refractivity (Wildman–Crippen MR) is 215 cm³/mol. The van der Waals surface area contributed by atoms with Gasteiger partial charge in [0.25, 0.3) is 0 Å². The lowest BCUT2D eigenvalue weighted by Crippen LogP contribution is -2.20. The summed E-state index contributed by atoms with van der Waals surface area (Å²) < 4.78 is 1.75. The van der Waals surface area contributed by atoms with Gasteiger partial charge in [0.2, 0.25) is 11.6 Å². The summed E-state index contributed by atoms with van der Waals surface area (Å²) >= 11 is 6.85. The third kappa shape index (κ3) is 6.34. The second-order valence-corrected chi connectivity index (χ2v) is 15.4. The lowest BCUT2D eigenvalue weighted by Gasteiger charge is -2.29. The third-order valence-corrected chi connectivity index (χ3v) is 10.5. The van der Waals surface area contributed by atoms with Gasteiger partial charge in [-0.1, -0.05) is 71.7 Å². The third-order valence-electron chi connectivity index (χ3n) is 9.40. The maximum atomic E-state index is 13.8. The van der Waals surface area contributed by atoms with Crippen LogP contribution in [0.3, 0.4) is 0 Å². The molecule has 8 nitrogen and oxygen atoms in total. The lowest BCUT2D eigenvalue weighted by atomic mass is 9.75. The van der Waals surface area contributed by atoms with Crippen molar-refractivity contribution in [1.82, 2.24) is 0 Å². The Labute approximate surface area is 319 Å². The first-order valence-corrected chi connectivity index (χ1v) is 18.4. The number of benzene rings is 4. The number of anilines is 2. The van der Waals surface area contributed by atoms with Gasteiger partial charge in [-0.3, -0.25) is 9.59 Å². The van der Waals surface area contributed by atoms with E-state index in [0.717, 1.165) is 8.95 Å². The topological polar surface area (TPSA) is 139 Å². The molecule has 0 radical (unpaired) electrons. The standard InChI is InChI=1S/C42H38Br2N2O6/c1-19(2)31-27-15-21(5)33(39(49)35(27)29(37(47)41(31)51)17-45-25-11-7-23(43)8-12-25)34-22(6)16-28-32(20(3)4)42(52)38(48)30(36(28)40(34)50)18-46-26-13-9-24(44)10-14-26/h7-20,45-46,49-52H,1-6H3/b29-17-,30-18-. The summed E-state index contributed by atoms with van der Waals surface area (Å²) in [7, 11) is 0. The van der Waals surface area contributed by atoms with Crippen molar-refractivity contribution < 1.29 is 30.0 Å². The van der Waals surface area contributed by atoms with Crippen molar-refractivity contribution in [2.24, 2.45) is 11.8 Å². The molecule has 6 rings (SSSR count). The summed E-state index contributed by atoms with van der Waals surface area (Å²) in [5.74, 6) is -3.17. The number of ketones is 2. The number of fused-ring (bicyclic) bond motifs is 2. The number of hydrogen-bond acceptors (Lipinski definition) is 8. The Morgan fingerprint density at radius 3 is 1.19 bits per heavy atom. The normalized spacial score (nSPS) is 16.0. The van der Waals surface area contributed by atoms with E-state index in [-0.39, 0.29) is 56.7 Å². The van der Waals surface area contributed by atoms with E-state index < -0.39 is 23.1 Å². The molecule has 0 atom stereocenters. The summed E-state index contributed by atoms with van der Waals surface area (Å²) in [5.41, 5.74) is 5.29. The van der Waals surface area contributed by atoms with Crippen LogP contribution < -0.4 is 10.6 Å². The van der Waals surface area contributed by atoms with Crippen molar-refractivity contribution >= 4 is 77.1 Å². The van der Waals surface area contributed by atoms with Gasteiger partial charge in [-0.05, 0) is 96.5 Å². The number of aliphatic hydroxyl groups excluding tert-OH is 2. The highest BCUT2D eigenvalue weighted by Crippen LogP contribution is 2.53. The molecule has 0 saturated carbocycles. The number of phenolic OH excluding ortho intramolecular Hbond substituents is 2. The van der Waals surface area contributed by atoms with Crippen LogP contribution in [0.4, 0.5) is 11.4 Å². The molecule has 0 spiro atoms. The molecule has 0 amide bonds. The van der Waals surface area contributed by atoms with Gasteiger partial charge in [0.15, 0.2) is 11.5 Å². The number of Topliss-reactive ketones (excluding diaryl/α,β-unsaturated/α-hetero) is 2. The van der Waals surface area contributed by atoms with Crippen molar-refractivity contribution in [1.29, 1.82) is 0 Å². The van der Waals surface area contributed by atoms with Crippen molar-refractivity contribution in [3.05, 3.63) is 127 Å². The quantitative estimate of drug-likeness (QED) is 0.101. The van der Waals surface area contributed by atoms with Gasteiger partial charge in [0.05, 0.1) is 11.1 Å². The molecule has 266 valence electrons. The number of aromatic hydroxyl groups is 2. The van der Waals surface area contributed by atoms with Gasteiger partial charge >= 0.3 is 0 Å². The average Bonchev–Trinajstić information content (AvgIpc) is 3.08. The molecule has 4 aromatic rings. The van der Waals surface area contributed by atoms with Crippen LogP contribution in [-0.2, 0) is 9.59 Å². The van der Waals surface area contributed by atoms with Gasteiger partial charge in [-0.25, -0.2) is 0 Å². The minimum atomic E-state index is -0.658. The molecule has 0 fully saturated rings. The number of hydrogen-bond donors (Lipinski definition) is 6. The van der Waals surface area contributed by atoms with Crippen molar-refractivity contribution in [3.8, 4) is 22.6 Å². The van der Waals surface area contributed by atoms with Crippen LogP contribution in [0.15, 0.2) is 93.5 Å². The number of carbonyl (C=O) groups excluding carboxylic acids is 2. The number of halogens is 2. The number of aliphatic hydroxyl groups is 2. The first kappa shape index (κ1) is 36.7. The first-order chi connectivity index (χ1) is 24.6. The van der Waals surface area contributed by atoms with E-state index in [0.29, 0.717) is 44.8 Å². The monoisotopic (exact) mass is 824 g/mol. The van der Waals surface area contributed by atoms with Crippen LogP contribution in [0.25, 0.3) is 33.4 Å². The highest BCUT2D eigenvalue weighted by atomic mass is 79.9. The summed E-state index contributed by atoms with van der Waals surface area (Å²) in [6, 6.07) is 18.2. The smallest absolute Gasteiger partial charge is 0.229 e. The molecule has 6 N–H and O–H groups in total. The first-order valence-electron chi connectivity index (χ1n) is 16.8. The molecule has 0 unspecified atom stereocenters. The van der Waals surface area contributed by atoms with Gasteiger partial charge in [0, 0.05) is 66.1 Å². The van der Waals surface area contributed by atoms with Gasteiger partial charge in [-0.15, -0.1) is 0 Å². The second-order valence-electron chi connectivity index (χ2n) is 13.6. The van der Waals surface area contributed by atoms with Crippen LogP contribution in [0, 0.1) is 25.7 Å². The van der Waals surface area contributed by atoms with E-state index in [4.69, 9.17) is 0 Å². The van der Waals surface area contributed by atoms with Gasteiger partial charge in [-0.2, -0.15) is 0 Å². The van der Waals surface area contributed by atoms with E-state index in [1.807, 2.05) is 76.2 Å². The Morgan fingerprint density at radius 2 is 0.885 bits per heavy atom. The Balaban J connectivity index is 1.62. The molecule has 10 heteroatoms.